The Labute approximate surface area is 166 Å². The molecular formula is C18H19F2N5O3S. The van der Waals surface area contributed by atoms with E-state index in [0.717, 1.165) is 6.26 Å². The molecule has 1 atom stereocenters. The minimum Gasteiger partial charge on any atom is -0.377 e. The highest BCUT2D eigenvalue weighted by Crippen LogP contribution is 2.29. The van der Waals surface area contributed by atoms with Crippen LogP contribution in [0.25, 0.3) is 16.9 Å². The van der Waals surface area contributed by atoms with Crippen molar-refractivity contribution >= 4 is 26.7 Å². The van der Waals surface area contributed by atoms with E-state index < -0.39 is 27.2 Å². The fraction of sp³-hybridized carbons (Fsp3) is 0.389. The average molecular weight is 423 g/mol. The van der Waals surface area contributed by atoms with Gasteiger partial charge in [0.05, 0.1) is 30.3 Å². The molecule has 3 heterocycles. The van der Waals surface area contributed by atoms with Crippen molar-refractivity contribution in [3.63, 3.8) is 0 Å². The van der Waals surface area contributed by atoms with Gasteiger partial charge in [-0.2, -0.15) is 0 Å². The fourth-order valence-electron chi connectivity index (χ4n) is 3.33. The number of ether oxygens (including phenoxy) is 1. The maximum Gasteiger partial charge on any atom is 0.296 e. The van der Waals surface area contributed by atoms with Crippen LogP contribution in [0.5, 0.6) is 0 Å². The summed E-state index contributed by atoms with van der Waals surface area (Å²) in [5.74, 6) is -0.146. The molecule has 2 aromatic heterocycles. The van der Waals surface area contributed by atoms with Gasteiger partial charge in [0, 0.05) is 18.9 Å². The lowest BCUT2D eigenvalue weighted by atomic mass is 10.2. The Bertz CT molecular complexity index is 1170. The Kier molecular flexibility index (Phi) is 4.95. The normalized spacial score (nSPS) is 18.0. The van der Waals surface area contributed by atoms with Crippen LogP contribution in [0.3, 0.4) is 0 Å². The van der Waals surface area contributed by atoms with Gasteiger partial charge in [-0.25, -0.2) is 32.2 Å². The summed E-state index contributed by atoms with van der Waals surface area (Å²) in [5.41, 5.74) is 0.769. The summed E-state index contributed by atoms with van der Waals surface area (Å²) in [5, 5.41) is -0.429. The largest absolute Gasteiger partial charge is 0.377 e. The van der Waals surface area contributed by atoms with Crippen LogP contribution in [-0.4, -0.2) is 60.0 Å². The van der Waals surface area contributed by atoms with Gasteiger partial charge in [-0.15, -0.1) is 0 Å². The Hall–Kier alpha value is -2.66. The van der Waals surface area contributed by atoms with Gasteiger partial charge >= 0.3 is 0 Å². The van der Waals surface area contributed by atoms with Crippen molar-refractivity contribution in [1.82, 2.24) is 19.5 Å². The van der Waals surface area contributed by atoms with Gasteiger partial charge in [0.25, 0.3) is 11.6 Å². The number of halogens is 2. The highest BCUT2D eigenvalue weighted by molar-refractivity contribution is 7.90. The number of rotatable bonds is 4. The van der Waals surface area contributed by atoms with Crippen molar-refractivity contribution in [2.75, 3.05) is 30.9 Å². The molecule has 1 aliphatic rings. The maximum atomic E-state index is 13.7. The molecule has 0 amide bonds. The second-order valence-corrected chi connectivity index (χ2v) is 8.76. The Morgan fingerprint density at radius 2 is 1.90 bits per heavy atom. The van der Waals surface area contributed by atoms with Crippen molar-refractivity contribution in [3.05, 3.63) is 36.2 Å². The molecule has 0 saturated carbocycles. The molecule has 1 aromatic carbocycles. The summed E-state index contributed by atoms with van der Waals surface area (Å²) < 4.78 is 58.5. The number of aromatic nitrogens is 4. The van der Waals surface area contributed by atoms with E-state index >= 15 is 0 Å². The van der Waals surface area contributed by atoms with Crippen LogP contribution >= 0.6 is 0 Å². The minimum atomic E-state index is -3.78. The lowest BCUT2D eigenvalue weighted by Crippen LogP contribution is -2.44. The second-order valence-electron chi connectivity index (χ2n) is 6.85. The first-order valence-electron chi connectivity index (χ1n) is 8.95. The standard InChI is InChI=1S/C18H19F2N5O3S/c1-11-10-28-8-7-24(11)14-9-15(23-18(22-14)29(2,26)27)25-13-6-4-3-5-12(13)21-17(25)16(19)20/h3-6,9,11,16H,7-8,10H2,1-2H3/t11-/m1/s1. The quantitative estimate of drug-likeness (QED) is 0.595. The summed E-state index contributed by atoms with van der Waals surface area (Å²) >= 11 is 0. The van der Waals surface area contributed by atoms with Gasteiger partial charge in [-0.3, -0.25) is 4.57 Å². The molecule has 154 valence electrons. The molecule has 29 heavy (non-hydrogen) atoms. The number of hydrogen-bond acceptors (Lipinski definition) is 7. The third kappa shape index (κ3) is 3.67. The molecular weight excluding hydrogens is 404 g/mol. The Morgan fingerprint density at radius 3 is 2.59 bits per heavy atom. The first-order chi connectivity index (χ1) is 13.8. The number of anilines is 1. The van der Waals surface area contributed by atoms with Gasteiger partial charge in [0.1, 0.15) is 11.6 Å². The number of sulfone groups is 1. The third-order valence-corrected chi connectivity index (χ3v) is 5.53. The van der Waals surface area contributed by atoms with Crippen molar-refractivity contribution < 1.29 is 21.9 Å². The molecule has 0 unspecified atom stereocenters. The molecule has 0 radical (unpaired) electrons. The first-order valence-corrected chi connectivity index (χ1v) is 10.8. The summed E-state index contributed by atoms with van der Waals surface area (Å²) in [6.07, 6.45) is -1.89. The zero-order valence-electron chi connectivity index (χ0n) is 15.8. The summed E-state index contributed by atoms with van der Waals surface area (Å²) in [6, 6.07) is 8.08. The maximum absolute atomic E-state index is 13.7. The number of fused-ring (bicyclic) bond motifs is 1. The number of imidazole rings is 1. The molecule has 0 bridgehead atoms. The molecule has 1 fully saturated rings. The number of benzene rings is 1. The van der Waals surface area contributed by atoms with Crippen molar-refractivity contribution in [2.45, 2.75) is 24.5 Å². The number of morpholine rings is 1. The molecule has 1 aliphatic heterocycles. The van der Waals surface area contributed by atoms with E-state index in [-0.39, 0.29) is 11.9 Å². The van der Waals surface area contributed by atoms with Crippen molar-refractivity contribution in [2.24, 2.45) is 0 Å². The molecule has 0 spiro atoms. The lowest BCUT2D eigenvalue weighted by Gasteiger charge is -2.34. The number of para-hydroxylation sites is 2. The highest BCUT2D eigenvalue weighted by Gasteiger charge is 2.26. The fourth-order valence-corrected chi connectivity index (χ4v) is 3.85. The minimum absolute atomic E-state index is 0.0260. The van der Waals surface area contributed by atoms with Gasteiger partial charge in [-0.05, 0) is 19.1 Å². The Balaban J connectivity index is 1.98. The highest BCUT2D eigenvalue weighted by atomic mass is 32.2. The topological polar surface area (TPSA) is 90.2 Å². The molecule has 8 nitrogen and oxygen atoms in total. The van der Waals surface area contributed by atoms with Crippen LogP contribution in [0, 0.1) is 0 Å². The molecule has 11 heteroatoms. The smallest absolute Gasteiger partial charge is 0.296 e. The van der Waals surface area contributed by atoms with E-state index in [1.54, 1.807) is 24.3 Å². The number of hydrogen-bond donors (Lipinski definition) is 0. The van der Waals surface area contributed by atoms with Crippen LogP contribution in [0.15, 0.2) is 35.5 Å². The van der Waals surface area contributed by atoms with Gasteiger partial charge in [-0.1, -0.05) is 12.1 Å². The zero-order chi connectivity index (χ0) is 20.8. The van der Waals surface area contributed by atoms with Crippen molar-refractivity contribution in [1.29, 1.82) is 0 Å². The van der Waals surface area contributed by atoms with E-state index in [9.17, 15) is 17.2 Å². The molecule has 4 rings (SSSR count). The molecule has 1 saturated heterocycles. The average Bonchev–Trinajstić information content (AvgIpc) is 3.07. The van der Waals surface area contributed by atoms with Crippen LogP contribution < -0.4 is 4.90 Å². The predicted octanol–water partition coefficient (Wildman–Crippen LogP) is 2.38. The summed E-state index contributed by atoms with van der Waals surface area (Å²) in [7, 11) is -3.78. The molecule has 0 N–H and O–H groups in total. The van der Waals surface area contributed by atoms with E-state index in [1.165, 1.54) is 10.6 Å². The number of alkyl halides is 2. The number of nitrogens with zero attached hydrogens (tertiary/aromatic N) is 5. The zero-order valence-corrected chi connectivity index (χ0v) is 16.6. The second kappa shape index (κ2) is 7.30. The Morgan fingerprint density at radius 1 is 1.17 bits per heavy atom. The van der Waals surface area contributed by atoms with E-state index in [0.29, 0.717) is 36.6 Å². The van der Waals surface area contributed by atoms with Crippen LogP contribution in [0.1, 0.15) is 19.2 Å². The van der Waals surface area contributed by atoms with Gasteiger partial charge in [0.2, 0.25) is 9.84 Å². The molecule has 0 aliphatic carbocycles. The van der Waals surface area contributed by atoms with Crippen molar-refractivity contribution in [3.8, 4) is 5.82 Å². The monoisotopic (exact) mass is 423 g/mol. The third-order valence-electron chi connectivity index (χ3n) is 4.68. The SMILES string of the molecule is C[C@@H]1COCCN1c1cc(-n2c(C(F)F)nc3ccccc32)nc(S(C)(=O)=O)n1. The first kappa shape index (κ1) is 19.6. The van der Waals surface area contributed by atoms with E-state index in [1.807, 2.05) is 11.8 Å². The summed E-state index contributed by atoms with van der Waals surface area (Å²) in [6.45, 7) is 3.31. The van der Waals surface area contributed by atoms with Gasteiger partial charge in [0.15, 0.2) is 5.82 Å². The van der Waals surface area contributed by atoms with E-state index in [2.05, 4.69) is 15.0 Å². The summed E-state index contributed by atoms with van der Waals surface area (Å²) in [4.78, 5) is 14.2. The lowest BCUT2D eigenvalue weighted by molar-refractivity contribution is 0.0984. The van der Waals surface area contributed by atoms with Gasteiger partial charge < -0.3 is 9.64 Å². The van der Waals surface area contributed by atoms with Crippen LogP contribution in [0.4, 0.5) is 14.6 Å². The predicted molar refractivity (Wildman–Crippen MR) is 102 cm³/mol. The van der Waals surface area contributed by atoms with E-state index in [4.69, 9.17) is 4.74 Å². The molecule has 3 aromatic rings. The van der Waals surface area contributed by atoms with Crippen LogP contribution in [-0.2, 0) is 14.6 Å². The van der Waals surface area contributed by atoms with Crippen LogP contribution in [0.2, 0.25) is 0 Å².